The molecule has 0 atom stereocenters. The second-order valence-electron chi connectivity index (χ2n) is 7.87. The molecule has 1 saturated heterocycles. The van der Waals surface area contributed by atoms with E-state index in [-0.39, 0.29) is 34.1 Å². The molecule has 0 aliphatic carbocycles. The molecule has 3 aromatic rings. The van der Waals surface area contributed by atoms with E-state index in [1.54, 1.807) is 68.6 Å². The van der Waals surface area contributed by atoms with Gasteiger partial charge in [-0.25, -0.2) is 14.2 Å². The number of carbonyl (C=O) groups excluding carboxylic acids is 2. The predicted molar refractivity (Wildman–Crippen MR) is 145 cm³/mol. The Bertz CT molecular complexity index is 1390. The molecular weight excluding hydrogens is 538 g/mol. The van der Waals surface area contributed by atoms with Crippen LogP contribution in [-0.4, -0.2) is 35.6 Å². The molecule has 10 heteroatoms. The first kappa shape index (κ1) is 26.7. The normalized spacial score (nSPS) is 15.5. The molecule has 0 spiro atoms. The molecule has 0 saturated carbocycles. The van der Waals surface area contributed by atoms with Crippen LogP contribution >= 0.6 is 35.0 Å². The smallest absolute Gasteiger partial charge is 0.338 e. The second kappa shape index (κ2) is 11.8. The van der Waals surface area contributed by atoms with Crippen molar-refractivity contribution >= 4 is 63.8 Å². The first-order valence-corrected chi connectivity index (χ1v) is 12.7. The third kappa shape index (κ3) is 6.52. The van der Waals surface area contributed by atoms with E-state index in [0.29, 0.717) is 39.1 Å². The molecule has 0 aromatic heterocycles. The number of benzene rings is 3. The van der Waals surface area contributed by atoms with Crippen LogP contribution in [0.25, 0.3) is 6.08 Å². The van der Waals surface area contributed by atoms with Crippen LogP contribution in [0.2, 0.25) is 10.0 Å². The summed E-state index contributed by atoms with van der Waals surface area (Å²) in [6.45, 7) is 2.13. The van der Waals surface area contributed by atoms with E-state index in [4.69, 9.17) is 32.7 Å². The number of rotatable bonds is 7. The summed E-state index contributed by atoms with van der Waals surface area (Å²) in [4.78, 5) is 31.1. The Morgan fingerprint density at radius 2 is 1.81 bits per heavy atom. The maximum absolute atomic E-state index is 13.4. The maximum Gasteiger partial charge on any atom is 0.338 e. The van der Waals surface area contributed by atoms with Crippen LogP contribution < -0.4 is 4.74 Å². The molecule has 37 heavy (non-hydrogen) atoms. The van der Waals surface area contributed by atoms with Crippen LogP contribution in [0.3, 0.4) is 0 Å². The minimum absolute atomic E-state index is 0.0946. The number of amides is 1. The second-order valence-corrected chi connectivity index (χ2v) is 9.69. The van der Waals surface area contributed by atoms with E-state index in [9.17, 15) is 14.0 Å². The number of esters is 1. The van der Waals surface area contributed by atoms with Gasteiger partial charge in [-0.1, -0.05) is 35.3 Å². The number of nitrogens with zero attached hydrogens (tertiary/aromatic N) is 2. The van der Waals surface area contributed by atoms with Gasteiger partial charge < -0.3 is 9.47 Å². The highest BCUT2D eigenvalue weighted by Gasteiger charge is 2.30. The molecule has 1 fully saturated rings. The number of hydrogen-bond donors (Lipinski definition) is 0. The van der Waals surface area contributed by atoms with Crippen molar-refractivity contribution in [3.8, 4) is 5.75 Å². The molecule has 1 amide bonds. The monoisotopic (exact) mass is 558 g/mol. The summed E-state index contributed by atoms with van der Waals surface area (Å²) in [6, 6.07) is 15.9. The zero-order valence-corrected chi connectivity index (χ0v) is 22.2. The lowest BCUT2D eigenvalue weighted by Gasteiger charge is -2.11. The van der Waals surface area contributed by atoms with Gasteiger partial charge >= 0.3 is 5.97 Å². The Labute approximate surface area is 227 Å². The molecular formula is C27H21Cl2FN2O4S. The number of ether oxygens (including phenoxy) is 2. The number of aliphatic imine (C=N–C) groups is 1. The van der Waals surface area contributed by atoms with Gasteiger partial charge in [0.2, 0.25) is 0 Å². The molecule has 1 aliphatic heterocycles. The van der Waals surface area contributed by atoms with Crippen LogP contribution in [0.15, 0.2) is 70.6 Å². The first-order chi connectivity index (χ1) is 17.7. The lowest BCUT2D eigenvalue weighted by molar-refractivity contribution is -0.121. The number of carbonyl (C=O) groups is 2. The highest BCUT2D eigenvalue weighted by molar-refractivity contribution is 8.18. The van der Waals surface area contributed by atoms with Gasteiger partial charge in [0.1, 0.15) is 12.4 Å². The van der Waals surface area contributed by atoms with Crippen LogP contribution in [0.5, 0.6) is 5.75 Å². The minimum Gasteiger partial charge on any atom is -0.486 e. The van der Waals surface area contributed by atoms with E-state index in [1.165, 1.54) is 28.8 Å². The standard InChI is InChI=1S/C27H21Cl2FN2O4S/c1-3-35-26(34)18-7-9-20(10-8-18)31-27-32(2)25(33)23(37-27)14-17-12-21(28)24(22(29)13-17)36-15-16-5-4-6-19(30)11-16/h4-14H,3,15H2,1-2H3. The van der Waals surface area contributed by atoms with E-state index in [0.717, 1.165) is 0 Å². The van der Waals surface area contributed by atoms with E-state index in [1.807, 2.05) is 0 Å². The number of thioether (sulfide) groups is 1. The van der Waals surface area contributed by atoms with Gasteiger partial charge in [0, 0.05) is 7.05 Å². The van der Waals surface area contributed by atoms with Crippen LogP contribution in [-0.2, 0) is 16.1 Å². The van der Waals surface area contributed by atoms with Crippen molar-refractivity contribution in [2.45, 2.75) is 13.5 Å². The summed E-state index contributed by atoms with van der Waals surface area (Å²) in [5, 5.41) is 0.998. The van der Waals surface area contributed by atoms with E-state index in [2.05, 4.69) is 4.99 Å². The topological polar surface area (TPSA) is 68.2 Å². The van der Waals surface area contributed by atoms with Crippen LogP contribution in [0, 0.1) is 5.82 Å². The summed E-state index contributed by atoms with van der Waals surface area (Å²) in [6.07, 6.45) is 1.67. The lowest BCUT2D eigenvalue weighted by Crippen LogP contribution is -2.23. The Morgan fingerprint density at radius 3 is 2.46 bits per heavy atom. The number of halogens is 3. The van der Waals surface area contributed by atoms with Crippen LogP contribution in [0.1, 0.15) is 28.4 Å². The summed E-state index contributed by atoms with van der Waals surface area (Å²) in [5.74, 6) is -0.728. The Hall–Kier alpha value is -3.33. The van der Waals surface area contributed by atoms with Gasteiger partial charge in [0.15, 0.2) is 10.9 Å². The average molecular weight is 559 g/mol. The van der Waals surface area contributed by atoms with Crippen molar-refractivity contribution in [1.29, 1.82) is 0 Å². The molecule has 6 nitrogen and oxygen atoms in total. The first-order valence-electron chi connectivity index (χ1n) is 11.1. The van der Waals surface area contributed by atoms with Crippen molar-refractivity contribution in [3.05, 3.63) is 98.1 Å². The molecule has 1 heterocycles. The fourth-order valence-corrected chi connectivity index (χ4v) is 4.98. The van der Waals surface area contributed by atoms with E-state index < -0.39 is 5.97 Å². The molecule has 0 N–H and O–H groups in total. The molecule has 4 rings (SSSR count). The predicted octanol–water partition coefficient (Wildman–Crippen LogP) is 7.12. The van der Waals surface area contributed by atoms with Gasteiger partial charge in [0.25, 0.3) is 5.91 Å². The van der Waals surface area contributed by atoms with Crippen LogP contribution in [0.4, 0.5) is 10.1 Å². The largest absolute Gasteiger partial charge is 0.486 e. The Morgan fingerprint density at radius 1 is 1.11 bits per heavy atom. The Kier molecular flexibility index (Phi) is 8.53. The van der Waals surface area contributed by atoms with Gasteiger partial charge in [-0.15, -0.1) is 0 Å². The third-order valence-electron chi connectivity index (χ3n) is 5.20. The minimum atomic E-state index is -0.405. The SMILES string of the molecule is CCOC(=O)c1ccc(N=C2SC(=Cc3cc(Cl)c(OCc4cccc(F)c4)c(Cl)c3)C(=O)N2C)cc1. The quantitative estimate of drug-likeness (QED) is 0.228. The summed E-state index contributed by atoms with van der Waals surface area (Å²) in [7, 11) is 1.63. The Balaban J connectivity index is 1.50. The van der Waals surface area contributed by atoms with E-state index >= 15 is 0 Å². The average Bonchev–Trinajstić information content (AvgIpc) is 3.11. The molecule has 0 radical (unpaired) electrons. The molecule has 190 valence electrons. The molecule has 3 aromatic carbocycles. The van der Waals surface area contributed by atoms with Crippen molar-refractivity contribution in [3.63, 3.8) is 0 Å². The summed E-state index contributed by atoms with van der Waals surface area (Å²) in [5.41, 5.74) is 2.25. The number of hydrogen-bond acceptors (Lipinski definition) is 6. The zero-order chi connectivity index (χ0) is 26.5. The third-order valence-corrected chi connectivity index (χ3v) is 6.82. The van der Waals surface area contributed by atoms with Gasteiger partial charge in [-0.2, -0.15) is 0 Å². The zero-order valence-electron chi connectivity index (χ0n) is 19.8. The molecule has 1 aliphatic rings. The lowest BCUT2D eigenvalue weighted by atomic mass is 10.2. The van der Waals surface area contributed by atoms with Crippen molar-refractivity contribution in [2.24, 2.45) is 4.99 Å². The number of amidine groups is 1. The molecule has 0 unspecified atom stereocenters. The summed E-state index contributed by atoms with van der Waals surface area (Å²) < 4.78 is 24.1. The number of likely N-dealkylation sites (N-methyl/N-ethyl adjacent to an activating group) is 1. The van der Waals surface area contributed by atoms with Crippen molar-refractivity contribution < 1.29 is 23.5 Å². The summed E-state index contributed by atoms with van der Waals surface area (Å²) >= 11 is 14.0. The maximum atomic E-state index is 13.4. The van der Waals surface area contributed by atoms with Gasteiger partial charge in [-0.05, 0) is 84.4 Å². The molecule has 0 bridgehead atoms. The fourth-order valence-electron chi connectivity index (χ4n) is 3.38. The van der Waals surface area contributed by atoms with Gasteiger partial charge in [0.05, 0.1) is 32.8 Å². The van der Waals surface area contributed by atoms with Crippen molar-refractivity contribution in [1.82, 2.24) is 4.90 Å². The fraction of sp³-hybridized carbons (Fsp3) is 0.148. The van der Waals surface area contributed by atoms with Crippen molar-refractivity contribution in [2.75, 3.05) is 13.7 Å². The highest BCUT2D eigenvalue weighted by Crippen LogP contribution is 2.38. The highest BCUT2D eigenvalue weighted by atomic mass is 35.5. The van der Waals surface area contributed by atoms with Gasteiger partial charge in [-0.3, -0.25) is 9.69 Å².